The van der Waals surface area contributed by atoms with Crippen LogP contribution < -0.4 is 10.2 Å². The quantitative estimate of drug-likeness (QED) is 0.437. The number of pyridine rings is 1. The van der Waals surface area contributed by atoms with Crippen molar-refractivity contribution in [2.24, 2.45) is 0 Å². The number of anilines is 3. The lowest BCUT2D eigenvalue weighted by atomic mass is 10.2. The van der Waals surface area contributed by atoms with Crippen LogP contribution in [0.15, 0.2) is 59.8 Å². The Hall–Kier alpha value is -3.61. The number of likely N-dealkylation sites (N-methyl/N-ethyl adjacent to an activating group) is 1. The van der Waals surface area contributed by atoms with Crippen LogP contribution in [0.2, 0.25) is 0 Å². The maximum Gasteiger partial charge on any atom is 0.243 e. The van der Waals surface area contributed by atoms with E-state index in [9.17, 15) is 13.2 Å². The van der Waals surface area contributed by atoms with Gasteiger partial charge in [-0.25, -0.2) is 23.4 Å². The molecule has 0 saturated carbocycles. The minimum absolute atomic E-state index is 0.00347. The van der Waals surface area contributed by atoms with Crippen LogP contribution in [-0.2, 0) is 14.8 Å². The van der Waals surface area contributed by atoms with E-state index < -0.39 is 10.0 Å². The summed E-state index contributed by atoms with van der Waals surface area (Å²) in [6, 6.07) is 12.4. The molecule has 1 aromatic carbocycles. The largest absolute Gasteiger partial charge is 0.360 e. The van der Waals surface area contributed by atoms with Gasteiger partial charge in [0.15, 0.2) is 0 Å². The van der Waals surface area contributed by atoms with Crippen molar-refractivity contribution in [2.75, 3.05) is 70.6 Å². The number of hydrogen-bond acceptors (Lipinski definition) is 9. The highest BCUT2D eigenvalue weighted by molar-refractivity contribution is 7.89. The summed E-state index contributed by atoms with van der Waals surface area (Å²) in [5.74, 6) is 1.24. The van der Waals surface area contributed by atoms with Gasteiger partial charge in [-0.15, -0.1) is 0 Å². The van der Waals surface area contributed by atoms with Crippen molar-refractivity contribution in [3.63, 3.8) is 0 Å². The molecule has 0 atom stereocenters. The molecule has 11 nitrogen and oxygen atoms in total. The van der Waals surface area contributed by atoms with Crippen molar-refractivity contribution in [3.8, 4) is 11.3 Å². The number of carbonyl (C=O) groups is 1. The number of hydrogen-bond donors (Lipinski definition) is 1. The van der Waals surface area contributed by atoms with Gasteiger partial charge in [-0.2, -0.15) is 4.31 Å². The van der Waals surface area contributed by atoms with Crippen molar-refractivity contribution >= 4 is 33.4 Å². The zero-order chi connectivity index (χ0) is 27.3. The molecule has 0 aliphatic carbocycles. The van der Waals surface area contributed by atoms with Crippen molar-refractivity contribution < 1.29 is 13.2 Å². The minimum atomic E-state index is -3.69. The fourth-order valence-electron chi connectivity index (χ4n) is 3.98. The van der Waals surface area contributed by atoms with Crippen LogP contribution in [0.3, 0.4) is 0 Å². The molecular weight excluding hydrogens is 504 g/mol. The van der Waals surface area contributed by atoms with E-state index in [0.717, 1.165) is 17.9 Å². The summed E-state index contributed by atoms with van der Waals surface area (Å²) in [5, 5.41) is 3.12. The molecule has 38 heavy (non-hydrogen) atoms. The Bertz CT molecular complexity index is 1360. The fraction of sp³-hybridized carbons (Fsp3) is 0.385. The number of sulfonamides is 1. The molecule has 0 spiro atoms. The fourth-order valence-corrected chi connectivity index (χ4v) is 5.45. The number of piperazine rings is 1. The van der Waals surface area contributed by atoms with E-state index in [1.165, 1.54) is 4.31 Å². The summed E-state index contributed by atoms with van der Waals surface area (Å²) >= 11 is 0. The van der Waals surface area contributed by atoms with E-state index >= 15 is 0 Å². The molecule has 1 fully saturated rings. The van der Waals surface area contributed by atoms with Crippen LogP contribution in [0.25, 0.3) is 11.3 Å². The maximum atomic E-state index is 13.3. The summed E-state index contributed by atoms with van der Waals surface area (Å²) in [4.78, 5) is 31.1. The van der Waals surface area contributed by atoms with Crippen molar-refractivity contribution in [3.05, 3.63) is 54.9 Å². The van der Waals surface area contributed by atoms with Crippen LogP contribution in [-0.4, -0.2) is 104 Å². The molecule has 3 aromatic rings. The van der Waals surface area contributed by atoms with Gasteiger partial charge < -0.3 is 15.1 Å². The van der Waals surface area contributed by atoms with Gasteiger partial charge in [-0.3, -0.25) is 9.69 Å². The molecule has 1 N–H and O–H groups in total. The molecule has 0 bridgehead atoms. The number of benzene rings is 1. The lowest BCUT2D eigenvalue weighted by Crippen LogP contribution is -2.50. The third-order valence-electron chi connectivity index (χ3n) is 6.48. The summed E-state index contributed by atoms with van der Waals surface area (Å²) in [6.45, 7) is 4.87. The minimum Gasteiger partial charge on any atom is -0.360 e. The van der Waals surface area contributed by atoms with Crippen LogP contribution in [0.5, 0.6) is 0 Å². The number of nitrogens with zero attached hydrogens (tertiary/aromatic N) is 7. The summed E-state index contributed by atoms with van der Waals surface area (Å²) in [6.07, 6.45) is 3.43. The van der Waals surface area contributed by atoms with Gasteiger partial charge in [0.05, 0.1) is 17.1 Å². The van der Waals surface area contributed by atoms with E-state index in [2.05, 4.69) is 27.2 Å². The van der Waals surface area contributed by atoms with Crippen LogP contribution in [0, 0.1) is 0 Å². The van der Waals surface area contributed by atoms with Gasteiger partial charge in [0, 0.05) is 77.5 Å². The summed E-state index contributed by atoms with van der Waals surface area (Å²) in [7, 11) is 1.72. The second kappa shape index (κ2) is 11.8. The molecular formula is C26H34N8O3S. The molecule has 0 radical (unpaired) electrons. The number of amides is 1. The van der Waals surface area contributed by atoms with Crippen molar-refractivity contribution in [1.29, 1.82) is 0 Å². The van der Waals surface area contributed by atoms with E-state index in [1.54, 1.807) is 61.7 Å². The Morgan fingerprint density at radius 2 is 1.79 bits per heavy atom. The van der Waals surface area contributed by atoms with Crippen LogP contribution in [0.4, 0.5) is 17.5 Å². The Morgan fingerprint density at radius 3 is 2.45 bits per heavy atom. The first-order chi connectivity index (χ1) is 18.2. The molecule has 202 valence electrons. The number of aromatic nitrogens is 3. The lowest BCUT2D eigenvalue weighted by molar-refractivity contribution is -0.130. The SMILES string of the molecule is CCN(C)c1ccc(-c2ccnc(Nc3cccc(S(=O)(=O)N4CCN(CC(=O)N(C)C)CC4)c3)n2)cn1. The van der Waals surface area contributed by atoms with Gasteiger partial charge in [0.25, 0.3) is 0 Å². The first-order valence-corrected chi connectivity index (χ1v) is 13.9. The zero-order valence-electron chi connectivity index (χ0n) is 22.2. The molecule has 1 aliphatic rings. The van der Waals surface area contributed by atoms with Gasteiger partial charge in [-0.05, 0) is 43.3 Å². The Labute approximate surface area is 224 Å². The average molecular weight is 539 g/mol. The molecule has 4 rings (SSSR count). The van der Waals surface area contributed by atoms with Crippen LogP contribution in [0.1, 0.15) is 6.92 Å². The predicted molar refractivity (Wildman–Crippen MR) is 148 cm³/mol. The third-order valence-corrected chi connectivity index (χ3v) is 8.38. The highest BCUT2D eigenvalue weighted by Crippen LogP contribution is 2.24. The van der Waals surface area contributed by atoms with E-state index in [1.807, 2.05) is 29.0 Å². The maximum absolute atomic E-state index is 13.3. The second-order valence-corrected chi connectivity index (χ2v) is 11.2. The summed E-state index contributed by atoms with van der Waals surface area (Å²) in [5.41, 5.74) is 2.12. The van der Waals surface area contributed by atoms with Crippen molar-refractivity contribution in [1.82, 2.24) is 29.1 Å². The number of carbonyl (C=O) groups excluding carboxylic acids is 1. The Balaban J connectivity index is 1.44. The predicted octanol–water partition coefficient (Wildman–Crippen LogP) is 2.13. The number of nitrogens with one attached hydrogen (secondary N) is 1. The molecule has 3 heterocycles. The van der Waals surface area contributed by atoms with E-state index in [-0.39, 0.29) is 17.3 Å². The monoisotopic (exact) mass is 538 g/mol. The van der Waals surface area contributed by atoms with Crippen LogP contribution >= 0.6 is 0 Å². The van der Waals surface area contributed by atoms with Gasteiger partial charge in [0.1, 0.15) is 5.82 Å². The first kappa shape index (κ1) is 27.4. The smallest absolute Gasteiger partial charge is 0.243 e. The lowest BCUT2D eigenvalue weighted by Gasteiger charge is -2.34. The van der Waals surface area contributed by atoms with Gasteiger partial charge >= 0.3 is 0 Å². The zero-order valence-corrected chi connectivity index (χ0v) is 23.0. The van der Waals surface area contributed by atoms with Crippen molar-refractivity contribution in [2.45, 2.75) is 11.8 Å². The molecule has 1 amide bonds. The third kappa shape index (κ3) is 6.44. The Morgan fingerprint density at radius 1 is 1.03 bits per heavy atom. The second-order valence-electron chi connectivity index (χ2n) is 9.31. The molecule has 1 aliphatic heterocycles. The van der Waals surface area contributed by atoms with Gasteiger partial charge in [0.2, 0.25) is 21.9 Å². The molecule has 0 unspecified atom stereocenters. The van der Waals surface area contributed by atoms with E-state index in [0.29, 0.717) is 43.5 Å². The highest BCUT2D eigenvalue weighted by atomic mass is 32.2. The topological polar surface area (TPSA) is 115 Å². The normalized spacial score (nSPS) is 14.7. The first-order valence-electron chi connectivity index (χ1n) is 12.5. The molecule has 1 saturated heterocycles. The number of rotatable bonds is 9. The standard InChI is InChI=1S/C26H34N8O3S/c1-5-32(4)24-10-9-20(18-28-24)23-11-12-27-26(30-23)29-21-7-6-8-22(17-21)38(36,37)34-15-13-33(14-16-34)19-25(35)31(2)3/h6-12,17-18H,5,13-16,19H2,1-4H3,(H,27,29,30). The van der Waals surface area contributed by atoms with Gasteiger partial charge in [-0.1, -0.05) is 6.07 Å². The molecule has 2 aromatic heterocycles. The Kier molecular flexibility index (Phi) is 8.55. The summed E-state index contributed by atoms with van der Waals surface area (Å²) < 4.78 is 28.1. The van der Waals surface area contributed by atoms with E-state index in [4.69, 9.17) is 0 Å². The highest BCUT2D eigenvalue weighted by Gasteiger charge is 2.29. The molecule has 12 heteroatoms. The average Bonchev–Trinajstić information content (AvgIpc) is 2.93.